The summed E-state index contributed by atoms with van der Waals surface area (Å²) in [6.07, 6.45) is 2.54. The Hall–Kier alpha value is -2.18. The monoisotopic (exact) mass is 629 g/mol. The molecule has 9 nitrogen and oxygen atoms in total. The second-order valence-corrected chi connectivity index (χ2v) is 13.1. The minimum Gasteiger partial charge on any atom is -0.379 e. The summed E-state index contributed by atoms with van der Waals surface area (Å²) in [5.41, 5.74) is 4.02. The van der Waals surface area contributed by atoms with E-state index >= 15 is 0 Å². The first kappa shape index (κ1) is 33.7. The lowest BCUT2D eigenvalue weighted by molar-refractivity contribution is 0.0346. The Bertz CT molecular complexity index is 1210. The zero-order chi connectivity index (χ0) is 30.8. The van der Waals surface area contributed by atoms with Crippen molar-refractivity contribution in [1.82, 2.24) is 14.7 Å². The van der Waals surface area contributed by atoms with Crippen LogP contribution in [-0.4, -0.2) is 124 Å². The van der Waals surface area contributed by atoms with Gasteiger partial charge in [-0.05, 0) is 84.5 Å². The van der Waals surface area contributed by atoms with E-state index in [9.17, 15) is 0 Å². The topological polar surface area (TPSA) is 91.5 Å². The summed E-state index contributed by atoms with van der Waals surface area (Å²) in [4.78, 5) is 15.0. The number of aryl methyl sites for hydroxylation is 1. The van der Waals surface area contributed by atoms with Crippen molar-refractivity contribution in [3.8, 4) is 0 Å². The number of nitrogens with one attached hydrogen (secondary N) is 2. The van der Waals surface area contributed by atoms with Crippen molar-refractivity contribution in [2.24, 2.45) is 4.99 Å². The molecule has 0 atom stereocenters. The minimum absolute atomic E-state index is 0.258. The molecule has 0 radical (unpaired) electrons. The Morgan fingerprint density at radius 1 is 0.953 bits per heavy atom. The van der Waals surface area contributed by atoms with E-state index in [-0.39, 0.29) is 6.54 Å². The first-order valence-corrected chi connectivity index (χ1v) is 16.6. The van der Waals surface area contributed by atoms with Gasteiger partial charge in [-0.2, -0.15) is 0 Å². The highest BCUT2D eigenvalue weighted by Gasteiger charge is 2.29. The number of amidine groups is 2. The van der Waals surface area contributed by atoms with Crippen LogP contribution in [0.15, 0.2) is 29.3 Å². The highest BCUT2D eigenvalue weighted by molar-refractivity contribution is 7.17. The molecule has 1 aromatic carbocycles. The molecule has 0 aliphatic carbocycles. The molecular formula is C32H48ClN7O2S. The van der Waals surface area contributed by atoms with E-state index < -0.39 is 0 Å². The Labute approximate surface area is 266 Å². The van der Waals surface area contributed by atoms with Crippen LogP contribution in [0.25, 0.3) is 0 Å². The van der Waals surface area contributed by atoms with Gasteiger partial charge in [-0.15, -0.1) is 11.3 Å². The normalized spacial score (nSPS) is 18.1. The summed E-state index contributed by atoms with van der Waals surface area (Å²) >= 11 is 7.61. The molecule has 2 aromatic rings. The number of ether oxygens (including phenoxy) is 2. The number of halogens is 1. The smallest absolute Gasteiger partial charge is 0.129 e. The SMILES string of the molecule is CC(=N)N1C(=N)CN=C(c2ccc(Cl)cc2)c2c1sc(C)c2C.CN(CCCN1CCOCC1)CCCN1CCOCC1. The highest BCUT2D eigenvalue weighted by Crippen LogP contribution is 2.39. The van der Waals surface area contributed by atoms with Gasteiger partial charge in [0.05, 0.1) is 38.7 Å². The molecule has 0 amide bonds. The number of thiophene rings is 1. The molecule has 2 saturated heterocycles. The summed E-state index contributed by atoms with van der Waals surface area (Å²) in [5, 5.41) is 17.9. The highest BCUT2D eigenvalue weighted by atomic mass is 35.5. The van der Waals surface area contributed by atoms with Crippen molar-refractivity contribution in [3.63, 3.8) is 0 Å². The number of aliphatic imine (C=N–C) groups is 1. The van der Waals surface area contributed by atoms with Crippen LogP contribution >= 0.6 is 22.9 Å². The number of nitrogens with zero attached hydrogens (tertiary/aromatic N) is 5. The number of morpholine rings is 2. The Morgan fingerprint density at radius 3 is 2.00 bits per heavy atom. The van der Waals surface area contributed by atoms with Gasteiger partial charge >= 0.3 is 0 Å². The van der Waals surface area contributed by atoms with Gasteiger partial charge < -0.3 is 14.4 Å². The van der Waals surface area contributed by atoms with Crippen molar-refractivity contribution >= 4 is 45.3 Å². The predicted octanol–water partition coefficient (Wildman–Crippen LogP) is 5.01. The van der Waals surface area contributed by atoms with E-state index in [0.29, 0.717) is 16.7 Å². The maximum Gasteiger partial charge on any atom is 0.129 e. The molecule has 1 aromatic heterocycles. The molecule has 0 spiro atoms. The van der Waals surface area contributed by atoms with Gasteiger partial charge in [0.25, 0.3) is 0 Å². The maximum atomic E-state index is 8.28. The van der Waals surface area contributed by atoms with Gasteiger partial charge in [-0.25, -0.2) is 0 Å². The number of hydrogen-bond donors (Lipinski definition) is 2. The molecule has 3 aliphatic rings. The fourth-order valence-corrected chi connectivity index (χ4v) is 6.92. The zero-order valence-electron chi connectivity index (χ0n) is 26.3. The quantitative estimate of drug-likeness (QED) is 0.299. The molecule has 0 unspecified atom stereocenters. The summed E-state index contributed by atoms with van der Waals surface area (Å²) in [7, 11) is 2.25. The molecule has 4 heterocycles. The molecule has 5 rings (SSSR count). The lowest BCUT2D eigenvalue weighted by Crippen LogP contribution is -2.39. The van der Waals surface area contributed by atoms with E-state index in [0.717, 1.165) is 80.0 Å². The van der Waals surface area contributed by atoms with Crippen LogP contribution in [0.2, 0.25) is 5.02 Å². The standard InChI is InChI=1S/C17H17ClN4S.C15H31N3O2/c1-9-10(2)23-17-15(9)16(12-4-6-13(18)7-5-12)21-8-14(20)22(17)11(3)19;1-16(4-2-6-17-8-12-19-13-9-17)5-3-7-18-10-14-20-15-11-18/h4-7,19-20H,8H2,1-3H3;2-15H2,1H3. The van der Waals surface area contributed by atoms with Crippen LogP contribution < -0.4 is 4.90 Å². The second kappa shape index (κ2) is 16.8. The van der Waals surface area contributed by atoms with Crippen molar-refractivity contribution in [2.45, 2.75) is 33.6 Å². The number of benzene rings is 1. The molecule has 2 fully saturated rings. The van der Waals surface area contributed by atoms with Crippen molar-refractivity contribution in [2.75, 3.05) is 97.3 Å². The van der Waals surface area contributed by atoms with Crippen LogP contribution in [0, 0.1) is 24.7 Å². The summed E-state index contributed by atoms with van der Waals surface area (Å²) in [5.74, 6) is 0.661. The minimum atomic E-state index is 0.258. The molecule has 2 N–H and O–H groups in total. The maximum absolute atomic E-state index is 8.28. The first-order chi connectivity index (χ1) is 20.7. The van der Waals surface area contributed by atoms with Gasteiger partial charge in [0, 0.05) is 47.2 Å². The fourth-order valence-electron chi connectivity index (χ4n) is 5.56. The van der Waals surface area contributed by atoms with Crippen LogP contribution in [0.3, 0.4) is 0 Å². The average Bonchev–Trinajstić information content (AvgIpc) is 3.19. The van der Waals surface area contributed by atoms with Crippen molar-refractivity contribution < 1.29 is 9.47 Å². The molecular weight excluding hydrogens is 582 g/mol. The molecule has 236 valence electrons. The third kappa shape index (κ3) is 9.65. The van der Waals surface area contributed by atoms with Crippen molar-refractivity contribution in [3.05, 3.63) is 50.9 Å². The lowest BCUT2D eigenvalue weighted by atomic mass is 10.00. The van der Waals surface area contributed by atoms with Gasteiger partial charge in [-0.1, -0.05) is 23.7 Å². The summed E-state index contributed by atoms with van der Waals surface area (Å²) < 4.78 is 10.7. The Balaban J connectivity index is 0.000000199. The summed E-state index contributed by atoms with van der Waals surface area (Å²) in [6.45, 7) is 19.1. The van der Waals surface area contributed by atoms with Gasteiger partial charge in [0.2, 0.25) is 0 Å². The van der Waals surface area contributed by atoms with Crippen LogP contribution in [0.5, 0.6) is 0 Å². The van der Waals surface area contributed by atoms with E-state index in [1.807, 2.05) is 24.3 Å². The number of anilines is 1. The largest absolute Gasteiger partial charge is 0.379 e. The van der Waals surface area contributed by atoms with E-state index in [1.165, 1.54) is 43.9 Å². The third-order valence-corrected chi connectivity index (χ3v) is 9.60. The van der Waals surface area contributed by atoms with Crippen LogP contribution in [-0.2, 0) is 9.47 Å². The van der Waals surface area contributed by atoms with E-state index in [1.54, 1.807) is 23.2 Å². The number of rotatable bonds is 9. The van der Waals surface area contributed by atoms with E-state index in [2.05, 4.69) is 40.6 Å². The lowest BCUT2D eigenvalue weighted by Gasteiger charge is -2.28. The van der Waals surface area contributed by atoms with Crippen molar-refractivity contribution in [1.29, 1.82) is 10.8 Å². The predicted molar refractivity (Wildman–Crippen MR) is 181 cm³/mol. The van der Waals surface area contributed by atoms with E-state index in [4.69, 9.17) is 31.9 Å². The third-order valence-electron chi connectivity index (χ3n) is 8.15. The van der Waals surface area contributed by atoms with Crippen LogP contribution in [0.4, 0.5) is 5.00 Å². The van der Waals surface area contributed by atoms with Crippen LogP contribution in [0.1, 0.15) is 41.3 Å². The zero-order valence-corrected chi connectivity index (χ0v) is 27.8. The molecule has 3 aliphatic heterocycles. The molecule has 43 heavy (non-hydrogen) atoms. The Morgan fingerprint density at radius 2 is 1.49 bits per heavy atom. The van der Waals surface area contributed by atoms with Gasteiger partial charge in [0.15, 0.2) is 0 Å². The first-order valence-electron chi connectivity index (χ1n) is 15.4. The second-order valence-electron chi connectivity index (χ2n) is 11.4. The summed E-state index contributed by atoms with van der Waals surface area (Å²) in [6, 6.07) is 7.61. The fraction of sp³-hybridized carbons (Fsp3) is 0.594. The van der Waals surface area contributed by atoms with Gasteiger partial charge in [0.1, 0.15) is 16.7 Å². The number of hydrogen-bond acceptors (Lipinski definition) is 9. The average molecular weight is 630 g/mol. The molecule has 0 bridgehead atoms. The van der Waals surface area contributed by atoms with Gasteiger partial charge in [-0.3, -0.25) is 30.5 Å². The molecule has 0 saturated carbocycles. The Kier molecular flexibility index (Phi) is 13.1. The number of fused-ring (bicyclic) bond motifs is 1. The molecule has 11 heteroatoms.